The Labute approximate surface area is 147 Å². The minimum Gasteiger partial charge on any atom is -0.350 e. The second kappa shape index (κ2) is 8.52. The van der Waals surface area contributed by atoms with Crippen LogP contribution < -0.4 is 16.4 Å². The van der Waals surface area contributed by atoms with E-state index in [1.54, 1.807) is 32.0 Å². The summed E-state index contributed by atoms with van der Waals surface area (Å²) >= 11 is 6.08. The van der Waals surface area contributed by atoms with Crippen molar-refractivity contribution in [1.29, 1.82) is 0 Å². The van der Waals surface area contributed by atoms with Crippen molar-refractivity contribution in [3.63, 3.8) is 0 Å². The molecule has 1 fully saturated rings. The van der Waals surface area contributed by atoms with E-state index in [2.05, 4.69) is 10.6 Å². The molecule has 0 spiro atoms. The van der Waals surface area contributed by atoms with Gasteiger partial charge in [-0.05, 0) is 37.0 Å². The van der Waals surface area contributed by atoms with E-state index in [4.69, 9.17) is 17.3 Å². The predicted molar refractivity (Wildman–Crippen MR) is 95.2 cm³/mol. The lowest BCUT2D eigenvalue weighted by Crippen LogP contribution is -2.38. The minimum absolute atomic E-state index is 0. The Hall–Kier alpha value is -1.30. The molecule has 1 aromatic rings. The number of carbonyl (C=O) groups is 2. The Morgan fingerprint density at radius 2 is 2.00 bits per heavy atom. The van der Waals surface area contributed by atoms with Crippen LogP contribution >= 0.6 is 24.0 Å². The fourth-order valence-electron chi connectivity index (χ4n) is 2.06. The van der Waals surface area contributed by atoms with Crippen LogP contribution in [0, 0.1) is 11.8 Å². The number of amides is 2. The lowest BCUT2D eigenvalue weighted by Gasteiger charge is -2.13. The first kappa shape index (κ1) is 19.7. The maximum atomic E-state index is 12.2. The third kappa shape index (κ3) is 5.68. The minimum atomic E-state index is -0.276. The van der Waals surface area contributed by atoms with Gasteiger partial charge < -0.3 is 16.4 Å². The van der Waals surface area contributed by atoms with Gasteiger partial charge in [0.05, 0.1) is 10.6 Å². The van der Waals surface area contributed by atoms with E-state index in [0.717, 1.165) is 12.8 Å². The molecule has 23 heavy (non-hydrogen) atoms. The maximum absolute atomic E-state index is 12.2. The topological polar surface area (TPSA) is 84.2 Å². The lowest BCUT2D eigenvalue weighted by atomic mass is 10.1. The molecule has 1 unspecified atom stereocenters. The molecule has 4 N–H and O–H groups in total. The van der Waals surface area contributed by atoms with Gasteiger partial charge in [-0.3, -0.25) is 9.59 Å². The van der Waals surface area contributed by atoms with Crippen LogP contribution in [0.15, 0.2) is 18.2 Å². The Kier molecular flexibility index (Phi) is 7.32. The van der Waals surface area contributed by atoms with Gasteiger partial charge in [-0.15, -0.1) is 12.4 Å². The van der Waals surface area contributed by atoms with E-state index in [-0.39, 0.29) is 36.2 Å². The van der Waals surface area contributed by atoms with E-state index in [1.807, 2.05) is 0 Å². The summed E-state index contributed by atoms with van der Waals surface area (Å²) in [6.07, 6.45) is 2.27. The molecule has 1 aliphatic rings. The number of nitrogens with one attached hydrogen (secondary N) is 2. The van der Waals surface area contributed by atoms with Crippen molar-refractivity contribution >= 4 is 41.5 Å². The van der Waals surface area contributed by atoms with Crippen molar-refractivity contribution < 1.29 is 9.59 Å². The smallest absolute Gasteiger partial charge is 0.252 e. The first-order valence-electron chi connectivity index (χ1n) is 7.52. The van der Waals surface area contributed by atoms with Crippen molar-refractivity contribution in [2.75, 3.05) is 11.9 Å². The van der Waals surface area contributed by atoms with Gasteiger partial charge in [0.15, 0.2) is 0 Å². The normalized spacial score (nSPS) is 14.8. The van der Waals surface area contributed by atoms with Gasteiger partial charge in [0.2, 0.25) is 5.91 Å². The van der Waals surface area contributed by atoms with Crippen LogP contribution in [0.1, 0.15) is 37.0 Å². The van der Waals surface area contributed by atoms with E-state index < -0.39 is 0 Å². The largest absolute Gasteiger partial charge is 0.350 e. The lowest BCUT2D eigenvalue weighted by molar-refractivity contribution is -0.118. The number of halogens is 2. The molecular formula is C16H23Cl2N3O2. The number of rotatable bonds is 6. The molecular weight excluding hydrogens is 337 g/mol. The zero-order valence-electron chi connectivity index (χ0n) is 13.3. The second-order valence-corrected chi connectivity index (χ2v) is 6.46. The SMILES string of the molecule is CC(C)C(=O)Nc1ccc(Cl)c(C(=O)NCC(N)C2CC2)c1.Cl. The van der Waals surface area contributed by atoms with Crippen LogP contribution in [0.2, 0.25) is 5.02 Å². The number of nitrogens with two attached hydrogens (primary N) is 1. The summed E-state index contributed by atoms with van der Waals surface area (Å²) in [4.78, 5) is 23.9. The monoisotopic (exact) mass is 359 g/mol. The fourth-order valence-corrected chi connectivity index (χ4v) is 2.26. The molecule has 1 atom stereocenters. The van der Waals surface area contributed by atoms with E-state index >= 15 is 0 Å². The molecule has 7 heteroatoms. The van der Waals surface area contributed by atoms with Crippen LogP contribution in [0.25, 0.3) is 0 Å². The van der Waals surface area contributed by atoms with Crippen LogP contribution in [-0.2, 0) is 4.79 Å². The van der Waals surface area contributed by atoms with Crippen LogP contribution in [-0.4, -0.2) is 24.4 Å². The molecule has 2 amide bonds. The first-order chi connectivity index (χ1) is 10.4. The third-order valence-electron chi connectivity index (χ3n) is 3.73. The first-order valence-corrected chi connectivity index (χ1v) is 7.90. The van der Waals surface area contributed by atoms with Gasteiger partial charge in [-0.2, -0.15) is 0 Å². The highest BCUT2D eigenvalue weighted by atomic mass is 35.5. The van der Waals surface area contributed by atoms with Gasteiger partial charge in [0.1, 0.15) is 0 Å². The highest BCUT2D eigenvalue weighted by Crippen LogP contribution is 2.31. The Bertz CT molecular complexity index is 574. The molecule has 1 aliphatic carbocycles. The van der Waals surface area contributed by atoms with Gasteiger partial charge >= 0.3 is 0 Å². The van der Waals surface area contributed by atoms with Crippen molar-refractivity contribution in [1.82, 2.24) is 5.32 Å². The Balaban J connectivity index is 0.00000264. The second-order valence-electron chi connectivity index (χ2n) is 6.05. The number of hydrogen-bond donors (Lipinski definition) is 3. The van der Waals surface area contributed by atoms with Crippen molar-refractivity contribution in [3.05, 3.63) is 28.8 Å². The number of benzene rings is 1. The molecule has 1 saturated carbocycles. The van der Waals surface area contributed by atoms with Gasteiger partial charge in [0.25, 0.3) is 5.91 Å². The zero-order chi connectivity index (χ0) is 16.3. The molecule has 0 saturated heterocycles. The molecule has 0 heterocycles. The van der Waals surface area contributed by atoms with E-state index in [1.165, 1.54) is 0 Å². The standard InChI is InChI=1S/C16H22ClN3O2.ClH/c1-9(2)15(21)20-11-5-6-13(17)12(7-11)16(22)19-8-14(18)10-3-4-10;/h5-7,9-10,14H,3-4,8,18H2,1-2H3,(H,19,22)(H,20,21);1H. The third-order valence-corrected chi connectivity index (χ3v) is 4.06. The van der Waals surface area contributed by atoms with E-state index in [0.29, 0.717) is 28.7 Å². The van der Waals surface area contributed by atoms with Gasteiger partial charge in [-0.1, -0.05) is 25.4 Å². The van der Waals surface area contributed by atoms with Gasteiger partial charge in [0, 0.05) is 24.2 Å². The summed E-state index contributed by atoms with van der Waals surface area (Å²) in [6.45, 7) is 4.04. The molecule has 0 radical (unpaired) electrons. The summed E-state index contributed by atoms with van der Waals surface area (Å²) in [5.41, 5.74) is 6.86. The predicted octanol–water partition coefficient (Wildman–Crippen LogP) is 2.82. The highest BCUT2D eigenvalue weighted by Gasteiger charge is 2.28. The van der Waals surface area contributed by atoms with Gasteiger partial charge in [-0.25, -0.2) is 0 Å². The summed E-state index contributed by atoms with van der Waals surface area (Å²) in [6, 6.07) is 4.86. The summed E-state index contributed by atoms with van der Waals surface area (Å²) in [5, 5.41) is 5.91. The molecule has 128 valence electrons. The quantitative estimate of drug-likeness (QED) is 0.729. The average Bonchev–Trinajstić information content (AvgIpc) is 3.30. The molecule has 5 nitrogen and oxygen atoms in total. The van der Waals surface area contributed by atoms with Crippen LogP contribution in [0.4, 0.5) is 5.69 Å². The van der Waals surface area contributed by atoms with Crippen molar-refractivity contribution in [3.8, 4) is 0 Å². The number of carbonyl (C=O) groups excluding carboxylic acids is 2. The average molecular weight is 360 g/mol. The number of anilines is 1. The summed E-state index contributed by atoms with van der Waals surface area (Å²) in [7, 11) is 0. The summed E-state index contributed by atoms with van der Waals surface area (Å²) in [5.74, 6) is 0.00288. The maximum Gasteiger partial charge on any atom is 0.252 e. The molecule has 0 bridgehead atoms. The van der Waals surface area contributed by atoms with E-state index in [9.17, 15) is 9.59 Å². The van der Waals surface area contributed by atoms with Crippen LogP contribution in [0.3, 0.4) is 0 Å². The molecule has 2 rings (SSSR count). The fraction of sp³-hybridized carbons (Fsp3) is 0.500. The van der Waals surface area contributed by atoms with Crippen molar-refractivity contribution in [2.45, 2.75) is 32.7 Å². The Morgan fingerprint density at radius 3 is 2.57 bits per heavy atom. The molecule has 1 aromatic carbocycles. The summed E-state index contributed by atoms with van der Waals surface area (Å²) < 4.78 is 0. The Morgan fingerprint density at radius 1 is 1.35 bits per heavy atom. The number of hydrogen-bond acceptors (Lipinski definition) is 3. The zero-order valence-corrected chi connectivity index (χ0v) is 14.8. The van der Waals surface area contributed by atoms with Crippen LogP contribution in [0.5, 0.6) is 0 Å². The highest BCUT2D eigenvalue weighted by molar-refractivity contribution is 6.34. The van der Waals surface area contributed by atoms with Crippen molar-refractivity contribution in [2.24, 2.45) is 17.6 Å². The molecule has 0 aliphatic heterocycles. The molecule has 0 aromatic heterocycles.